The van der Waals surface area contributed by atoms with Gasteiger partial charge in [-0.1, -0.05) is 194 Å². The van der Waals surface area contributed by atoms with Crippen molar-refractivity contribution < 1.29 is 4.42 Å². The maximum absolute atomic E-state index is 6.37. The first kappa shape index (κ1) is 38.9. The molecule has 2 aliphatic rings. The Hall–Kier alpha value is -9.18. The lowest BCUT2D eigenvalue weighted by molar-refractivity contribution is 0.669. The van der Waals surface area contributed by atoms with Crippen molar-refractivity contribution in [3.8, 4) is 50.2 Å². The molecule has 1 aliphatic carbocycles. The topological polar surface area (TPSA) is 21.3 Å². The number of aromatic nitrogens is 1. The van der Waals surface area contributed by atoms with Crippen LogP contribution in [0, 0.1) is 0 Å². The van der Waals surface area contributed by atoms with Gasteiger partial charge in [0.1, 0.15) is 11.2 Å². The summed E-state index contributed by atoms with van der Waals surface area (Å²) in [6, 6.07) is 93.7. The summed E-state index contributed by atoms with van der Waals surface area (Å²) in [7, 11) is 0. The largest absolute Gasteiger partial charge is 0.456 e. The highest BCUT2D eigenvalue weighted by Crippen LogP contribution is 2.63. The van der Waals surface area contributed by atoms with Crippen LogP contribution >= 0.6 is 0 Å². The van der Waals surface area contributed by atoms with E-state index in [1.165, 1.54) is 72.0 Å². The smallest absolute Gasteiger partial charge is 0.136 e. The van der Waals surface area contributed by atoms with Crippen LogP contribution in [0.1, 0.15) is 22.3 Å². The Balaban J connectivity index is 0.982. The molecule has 2 aromatic heterocycles. The summed E-state index contributed by atoms with van der Waals surface area (Å²) in [5.74, 6) is 0. The van der Waals surface area contributed by atoms with E-state index in [0.717, 1.165) is 61.3 Å². The van der Waals surface area contributed by atoms with Gasteiger partial charge in [0.25, 0.3) is 0 Å². The minimum atomic E-state index is -0.587. The Bertz CT molecular complexity index is 4250. The van der Waals surface area contributed by atoms with Crippen LogP contribution in [0.4, 0.5) is 17.1 Å². The van der Waals surface area contributed by atoms with E-state index in [2.05, 4.69) is 252 Å². The van der Waals surface area contributed by atoms with Crippen LogP contribution in [0.5, 0.6) is 0 Å². The summed E-state index contributed by atoms with van der Waals surface area (Å²) < 4.78 is 8.89. The Kier molecular flexibility index (Phi) is 8.28. The first-order valence-corrected chi connectivity index (χ1v) is 24.2. The van der Waals surface area contributed by atoms with Gasteiger partial charge in [-0.2, -0.15) is 0 Å². The first-order valence-electron chi connectivity index (χ1n) is 24.2. The lowest BCUT2D eigenvalue weighted by atomic mass is 9.65. The molecule has 1 aliphatic heterocycles. The zero-order valence-corrected chi connectivity index (χ0v) is 38.1. The van der Waals surface area contributed by atoms with E-state index >= 15 is 0 Å². The average Bonchev–Trinajstić information content (AvgIpc) is 4.08. The summed E-state index contributed by atoms with van der Waals surface area (Å²) in [6.45, 7) is 0. The van der Waals surface area contributed by atoms with Gasteiger partial charge in [0, 0.05) is 38.4 Å². The molecule has 13 aromatic rings. The van der Waals surface area contributed by atoms with Crippen molar-refractivity contribution >= 4 is 60.8 Å². The van der Waals surface area contributed by atoms with Gasteiger partial charge < -0.3 is 13.9 Å². The molecule has 326 valence electrons. The van der Waals surface area contributed by atoms with Crippen LogP contribution in [0.3, 0.4) is 0 Å². The lowest BCUT2D eigenvalue weighted by Crippen LogP contribution is -2.33. The van der Waals surface area contributed by atoms with Gasteiger partial charge in [0.05, 0.1) is 33.5 Å². The number of fused-ring (bicyclic) bond motifs is 15. The van der Waals surface area contributed by atoms with Crippen LogP contribution in [-0.2, 0) is 5.41 Å². The highest BCUT2D eigenvalue weighted by molar-refractivity contribution is 6.13. The lowest BCUT2D eigenvalue weighted by Gasteiger charge is -2.39. The number of furan rings is 1. The molecule has 0 saturated heterocycles. The fourth-order valence-electron chi connectivity index (χ4n) is 12.3. The van der Waals surface area contributed by atoms with Crippen molar-refractivity contribution in [1.82, 2.24) is 4.57 Å². The van der Waals surface area contributed by atoms with E-state index in [1.807, 2.05) is 12.1 Å². The number of hydrogen-bond acceptors (Lipinski definition) is 2. The Morgan fingerprint density at radius 2 is 0.929 bits per heavy atom. The minimum absolute atomic E-state index is 0.587. The first-order chi connectivity index (χ1) is 34.7. The molecule has 15 rings (SSSR count). The Morgan fingerprint density at radius 3 is 1.83 bits per heavy atom. The molecular weight excluding hydrogens is 849 g/mol. The maximum atomic E-state index is 6.37. The molecule has 3 nitrogen and oxygen atoms in total. The number of rotatable bonds is 6. The van der Waals surface area contributed by atoms with E-state index < -0.39 is 5.41 Å². The van der Waals surface area contributed by atoms with Crippen molar-refractivity contribution in [2.24, 2.45) is 0 Å². The molecule has 1 atom stereocenters. The molecule has 1 spiro atoms. The van der Waals surface area contributed by atoms with Crippen molar-refractivity contribution in [1.29, 1.82) is 0 Å². The Morgan fingerprint density at radius 1 is 0.343 bits per heavy atom. The fraction of sp³-hybridized carbons (Fsp3) is 0.0149. The highest BCUT2D eigenvalue weighted by atomic mass is 16.3. The molecule has 0 amide bonds. The van der Waals surface area contributed by atoms with Crippen LogP contribution in [-0.4, -0.2) is 4.57 Å². The number of anilines is 3. The molecule has 0 fully saturated rings. The summed E-state index contributed by atoms with van der Waals surface area (Å²) in [4.78, 5) is 2.51. The molecule has 3 heteroatoms. The SMILES string of the molecule is c1ccc(-c2cccc(-c3ccccc3N(c3ccc(-c4ccc5c(c4)oc4ccccc45)cc3)c3cccc4c3-c3ccccc3C43c4ccccc4-n4c5ccccc5c5cccc3c54)c2)cc1. The highest BCUT2D eigenvalue weighted by Gasteiger charge is 2.51. The van der Waals surface area contributed by atoms with Gasteiger partial charge in [-0.15, -0.1) is 0 Å². The second-order valence-electron chi connectivity index (χ2n) is 18.7. The summed E-state index contributed by atoms with van der Waals surface area (Å²) in [5, 5.41) is 4.81. The molecule has 0 N–H and O–H groups in total. The summed E-state index contributed by atoms with van der Waals surface area (Å²) in [5.41, 5.74) is 22.8. The second-order valence-corrected chi connectivity index (χ2v) is 18.7. The van der Waals surface area contributed by atoms with E-state index in [4.69, 9.17) is 4.42 Å². The fourth-order valence-corrected chi connectivity index (χ4v) is 12.3. The van der Waals surface area contributed by atoms with Crippen LogP contribution in [0.15, 0.2) is 259 Å². The van der Waals surface area contributed by atoms with E-state index in [-0.39, 0.29) is 0 Å². The van der Waals surface area contributed by atoms with Crippen molar-refractivity contribution in [2.45, 2.75) is 5.41 Å². The van der Waals surface area contributed by atoms with Crippen LogP contribution < -0.4 is 4.90 Å². The van der Waals surface area contributed by atoms with Gasteiger partial charge in [-0.25, -0.2) is 0 Å². The van der Waals surface area contributed by atoms with Gasteiger partial charge in [-0.3, -0.25) is 0 Å². The zero-order chi connectivity index (χ0) is 45.9. The zero-order valence-electron chi connectivity index (χ0n) is 38.1. The number of hydrogen-bond donors (Lipinski definition) is 0. The van der Waals surface area contributed by atoms with Crippen LogP contribution in [0.2, 0.25) is 0 Å². The van der Waals surface area contributed by atoms with E-state index in [1.54, 1.807) is 0 Å². The molecule has 0 bridgehead atoms. The Labute approximate surface area is 405 Å². The minimum Gasteiger partial charge on any atom is -0.456 e. The summed E-state index contributed by atoms with van der Waals surface area (Å²) >= 11 is 0. The van der Waals surface area contributed by atoms with E-state index in [9.17, 15) is 0 Å². The molecule has 0 saturated carbocycles. The summed E-state index contributed by atoms with van der Waals surface area (Å²) in [6.07, 6.45) is 0. The molecule has 3 heterocycles. The molecule has 1 unspecified atom stereocenters. The number of para-hydroxylation sites is 5. The van der Waals surface area contributed by atoms with E-state index in [0.29, 0.717) is 0 Å². The quantitative estimate of drug-likeness (QED) is 0.166. The number of nitrogens with zero attached hydrogens (tertiary/aromatic N) is 2. The van der Waals surface area contributed by atoms with Gasteiger partial charge in [0.15, 0.2) is 0 Å². The van der Waals surface area contributed by atoms with Gasteiger partial charge >= 0.3 is 0 Å². The van der Waals surface area contributed by atoms with Crippen molar-refractivity contribution in [3.63, 3.8) is 0 Å². The van der Waals surface area contributed by atoms with Crippen molar-refractivity contribution in [3.05, 3.63) is 277 Å². The third kappa shape index (κ3) is 5.40. The van der Waals surface area contributed by atoms with Gasteiger partial charge in [0.2, 0.25) is 0 Å². The van der Waals surface area contributed by atoms with Gasteiger partial charge in [-0.05, 0) is 116 Å². The normalized spacial score (nSPS) is 14.3. The maximum Gasteiger partial charge on any atom is 0.136 e. The molecule has 70 heavy (non-hydrogen) atoms. The second kappa shape index (κ2) is 14.9. The van der Waals surface area contributed by atoms with Crippen LogP contribution in [0.25, 0.3) is 93.9 Å². The molecule has 0 radical (unpaired) electrons. The monoisotopic (exact) mass is 890 g/mol. The molecule has 11 aromatic carbocycles. The third-order valence-corrected chi connectivity index (χ3v) is 15.2. The third-order valence-electron chi connectivity index (χ3n) is 15.2. The standard InChI is InChI=1S/C67H42N2O/c1-2-17-43(18-3-1)45-19-14-20-47(41-45)49-21-5-10-30-59(49)68(48-38-35-44(36-39-48)46-37-40-52-51-23-7-13-34-63(51)70-64(52)42-46)62-33-16-28-57-65(62)54-24-4-8-26-55(54)67(57)56-27-9-12-32-61(56)69-60-31-11-6-22-50(60)53-25-15-29-58(67)66(53)69/h1-42H. The molecular formula is C67H42N2O. The predicted molar refractivity (Wildman–Crippen MR) is 290 cm³/mol. The number of benzene rings is 11. The van der Waals surface area contributed by atoms with Crippen molar-refractivity contribution in [2.75, 3.05) is 4.90 Å². The average molecular weight is 891 g/mol. The predicted octanol–water partition coefficient (Wildman–Crippen LogP) is 17.8.